The molecular formula is C23H22FN7O2. The standard InChI is InChI=1S/C23H22FN7O2/c1-14(32)30-7-5-21-19(12-30)23(28-31(21)16-6-8-33-13-16)27-20-4-3-17(18(9-25)22(20)24)15-10-26-29(2)11-15/h3-4,6,10-11H,5,7-8,12-13H2,1-2H3,(H,27,28). The first kappa shape index (κ1) is 20.9. The highest BCUT2D eigenvalue weighted by atomic mass is 19.1. The lowest BCUT2D eigenvalue weighted by Crippen LogP contribution is -2.34. The Morgan fingerprint density at radius 1 is 1.36 bits per heavy atom. The molecule has 2 aromatic heterocycles. The first-order valence-corrected chi connectivity index (χ1v) is 10.6. The van der Waals surface area contributed by atoms with Crippen molar-refractivity contribution in [2.75, 3.05) is 25.1 Å². The van der Waals surface area contributed by atoms with Gasteiger partial charge in [-0.2, -0.15) is 10.4 Å². The van der Waals surface area contributed by atoms with Crippen molar-refractivity contribution < 1.29 is 13.9 Å². The Labute approximate surface area is 189 Å². The number of halogens is 1. The molecule has 168 valence electrons. The predicted octanol–water partition coefficient (Wildman–Crippen LogP) is 2.81. The number of aromatic nitrogens is 4. The number of hydrogen-bond acceptors (Lipinski definition) is 6. The Kier molecular flexibility index (Phi) is 5.18. The van der Waals surface area contributed by atoms with Gasteiger partial charge in [0.15, 0.2) is 11.6 Å². The molecule has 0 fully saturated rings. The van der Waals surface area contributed by atoms with Gasteiger partial charge in [0.2, 0.25) is 5.91 Å². The summed E-state index contributed by atoms with van der Waals surface area (Å²) in [5, 5.41) is 21.5. The number of nitrogens with one attached hydrogen (secondary N) is 1. The third kappa shape index (κ3) is 3.66. The lowest BCUT2D eigenvalue weighted by molar-refractivity contribution is -0.129. The van der Waals surface area contributed by atoms with Crippen LogP contribution in [0.2, 0.25) is 0 Å². The van der Waals surface area contributed by atoms with Crippen molar-refractivity contribution in [3.8, 4) is 17.2 Å². The summed E-state index contributed by atoms with van der Waals surface area (Å²) in [7, 11) is 1.76. The van der Waals surface area contributed by atoms with Crippen LogP contribution >= 0.6 is 0 Å². The molecule has 5 rings (SSSR count). The lowest BCUT2D eigenvalue weighted by atomic mass is 10.0. The van der Waals surface area contributed by atoms with Crippen molar-refractivity contribution in [1.82, 2.24) is 24.5 Å². The third-order valence-corrected chi connectivity index (χ3v) is 5.98. The fraction of sp³-hybridized carbons (Fsp3) is 0.304. The van der Waals surface area contributed by atoms with Crippen LogP contribution in [0.15, 0.2) is 30.6 Å². The minimum atomic E-state index is -0.662. The zero-order valence-corrected chi connectivity index (χ0v) is 18.3. The fourth-order valence-electron chi connectivity index (χ4n) is 4.26. The summed E-state index contributed by atoms with van der Waals surface area (Å²) >= 11 is 0. The number of benzene rings is 1. The van der Waals surface area contributed by atoms with Crippen molar-refractivity contribution in [3.05, 3.63) is 53.2 Å². The number of aryl methyl sites for hydroxylation is 1. The van der Waals surface area contributed by atoms with Gasteiger partial charge in [0.1, 0.15) is 6.07 Å². The van der Waals surface area contributed by atoms with Crippen LogP contribution in [0.3, 0.4) is 0 Å². The van der Waals surface area contributed by atoms with E-state index in [4.69, 9.17) is 9.84 Å². The second-order valence-corrected chi connectivity index (χ2v) is 8.08. The van der Waals surface area contributed by atoms with E-state index >= 15 is 4.39 Å². The number of hydrogen-bond donors (Lipinski definition) is 1. The van der Waals surface area contributed by atoms with E-state index in [9.17, 15) is 10.1 Å². The summed E-state index contributed by atoms with van der Waals surface area (Å²) < 4.78 is 24.3. The van der Waals surface area contributed by atoms with Gasteiger partial charge in [-0.05, 0) is 12.1 Å². The largest absolute Gasteiger partial charge is 0.371 e. The van der Waals surface area contributed by atoms with Crippen LogP contribution in [0.1, 0.15) is 23.7 Å². The maximum Gasteiger partial charge on any atom is 0.219 e. The van der Waals surface area contributed by atoms with Crippen molar-refractivity contribution >= 4 is 23.1 Å². The first-order valence-electron chi connectivity index (χ1n) is 10.6. The van der Waals surface area contributed by atoms with Crippen molar-refractivity contribution in [3.63, 3.8) is 0 Å². The third-order valence-electron chi connectivity index (χ3n) is 5.98. The molecule has 0 atom stereocenters. The van der Waals surface area contributed by atoms with E-state index in [1.165, 1.54) is 6.92 Å². The number of amides is 1. The van der Waals surface area contributed by atoms with Gasteiger partial charge in [0.05, 0.1) is 48.6 Å². The Morgan fingerprint density at radius 2 is 2.21 bits per heavy atom. The molecule has 4 heterocycles. The zero-order chi connectivity index (χ0) is 23.1. The molecule has 33 heavy (non-hydrogen) atoms. The monoisotopic (exact) mass is 447 g/mol. The van der Waals surface area contributed by atoms with Crippen molar-refractivity contribution in [2.45, 2.75) is 19.9 Å². The van der Waals surface area contributed by atoms with Crippen molar-refractivity contribution in [1.29, 1.82) is 5.26 Å². The molecule has 0 unspecified atom stereocenters. The van der Waals surface area contributed by atoms with Crippen LogP contribution in [0, 0.1) is 17.1 Å². The Hall–Kier alpha value is -3.97. The highest BCUT2D eigenvalue weighted by Crippen LogP contribution is 2.34. The zero-order valence-electron chi connectivity index (χ0n) is 18.3. The Balaban J connectivity index is 1.55. The van der Waals surface area contributed by atoms with Gasteiger partial charge in [0, 0.05) is 49.8 Å². The smallest absolute Gasteiger partial charge is 0.219 e. The quantitative estimate of drug-likeness (QED) is 0.660. The number of nitriles is 1. The maximum atomic E-state index is 15.4. The number of anilines is 2. The minimum Gasteiger partial charge on any atom is -0.371 e. The molecule has 10 heteroatoms. The van der Waals surface area contributed by atoms with E-state index in [0.717, 1.165) is 17.0 Å². The van der Waals surface area contributed by atoms with Crippen LogP contribution in [-0.4, -0.2) is 50.1 Å². The van der Waals surface area contributed by atoms with Crippen LogP contribution in [0.25, 0.3) is 16.8 Å². The van der Waals surface area contributed by atoms with E-state index in [2.05, 4.69) is 10.4 Å². The molecule has 0 aliphatic carbocycles. The molecule has 2 aliphatic heterocycles. The minimum absolute atomic E-state index is 0.0264. The summed E-state index contributed by atoms with van der Waals surface area (Å²) in [6.45, 7) is 3.46. The molecule has 9 nitrogen and oxygen atoms in total. The van der Waals surface area contributed by atoms with Gasteiger partial charge in [0.25, 0.3) is 0 Å². The number of carbonyl (C=O) groups excluding carboxylic acids is 1. The molecule has 3 aromatic rings. The molecule has 1 amide bonds. The Morgan fingerprint density at radius 3 is 2.88 bits per heavy atom. The SMILES string of the molecule is CC(=O)N1CCc2c(c(Nc3ccc(-c4cnn(C)c4)c(C#N)c3F)nn2C2=CCOC2)C1. The van der Waals surface area contributed by atoms with Gasteiger partial charge < -0.3 is 15.0 Å². The Bertz CT molecular complexity index is 1330. The highest BCUT2D eigenvalue weighted by molar-refractivity contribution is 5.76. The topological polar surface area (TPSA) is 101 Å². The van der Waals surface area contributed by atoms with Crippen molar-refractivity contribution in [2.24, 2.45) is 7.05 Å². The van der Waals surface area contributed by atoms with Crippen LogP contribution < -0.4 is 5.32 Å². The molecule has 1 aromatic carbocycles. The van der Waals surface area contributed by atoms with Gasteiger partial charge >= 0.3 is 0 Å². The number of nitrogens with zero attached hydrogens (tertiary/aromatic N) is 6. The molecule has 0 spiro atoms. The summed E-state index contributed by atoms with van der Waals surface area (Å²) in [4.78, 5) is 13.7. The highest BCUT2D eigenvalue weighted by Gasteiger charge is 2.29. The second kappa shape index (κ2) is 8.18. The number of rotatable bonds is 4. The van der Waals surface area contributed by atoms with Gasteiger partial charge in [-0.3, -0.25) is 9.48 Å². The molecule has 0 saturated carbocycles. The van der Waals surface area contributed by atoms with E-state index in [-0.39, 0.29) is 17.2 Å². The van der Waals surface area contributed by atoms with Crippen LogP contribution in [0.4, 0.5) is 15.9 Å². The average Bonchev–Trinajstić information content (AvgIpc) is 3.55. The number of fused-ring (bicyclic) bond motifs is 1. The van der Waals surface area contributed by atoms with E-state index in [1.54, 1.807) is 41.2 Å². The summed E-state index contributed by atoms with van der Waals surface area (Å²) in [5.74, 6) is -0.230. The molecular weight excluding hydrogens is 425 g/mol. The molecule has 0 radical (unpaired) electrons. The number of ether oxygens (including phenoxy) is 1. The van der Waals surface area contributed by atoms with Gasteiger partial charge in [-0.15, -0.1) is 5.10 Å². The molecule has 0 bridgehead atoms. The predicted molar refractivity (Wildman–Crippen MR) is 119 cm³/mol. The van der Waals surface area contributed by atoms with Gasteiger partial charge in [-0.1, -0.05) is 6.07 Å². The lowest BCUT2D eigenvalue weighted by Gasteiger charge is -2.26. The normalized spacial score (nSPS) is 15.2. The summed E-state index contributed by atoms with van der Waals surface area (Å²) in [5.41, 5.74) is 3.92. The average molecular weight is 447 g/mol. The molecule has 0 saturated heterocycles. The summed E-state index contributed by atoms with van der Waals surface area (Å²) in [6, 6.07) is 5.26. The fourth-order valence-corrected chi connectivity index (χ4v) is 4.26. The second-order valence-electron chi connectivity index (χ2n) is 8.08. The summed E-state index contributed by atoms with van der Waals surface area (Å²) in [6.07, 6.45) is 5.92. The van der Waals surface area contributed by atoms with E-state index < -0.39 is 5.82 Å². The first-order chi connectivity index (χ1) is 16.0. The van der Waals surface area contributed by atoms with E-state index in [1.807, 2.05) is 16.8 Å². The van der Waals surface area contributed by atoms with Crippen LogP contribution in [-0.2, 0) is 29.5 Å². The van der Waals surface area contributed by atoms with Gasteiger partial charge in [-0.25, -0.2) is 9.07 Å². The number of carbonyl (C=O) groups is 1. The van der Waals surface area contributed by atoms with E-state index in [0.29, 0.717) is 49.7 Å². The maximum absolute atomic E-state index is 15.4. The molecule has 2 aliphatic rings. The van der Waals surface area contributed by atoms with Crippen LogP contribution in [0.5, 0.6) is 0 Å². The molecule has 1 N–H and O–H groups in total.